The molecule has 1 aromatic carbocycles. The number of ketones is 1. The maximum atomic E-state index is 12.3. The third-order valence-corrected chi connectivity index (χ3v) is 10.3. The Morgan fingerprint density at radius 1 is 1.20 bits per heavy atom. The van der Waals surface area contributed by atoms with Crippen molar-refractivity contribution in [1.29, 1.82) is 0 Å². The molecule has 2 aromatic rings. The minimum absolute atomic E-state index is 0.201. The Morgan fingerprint density at radius 2 is 1.92 bits per heavy atom. The molecule has 0 saturated carbocycles. The monoisotopic (exact) mass is 355 g/mol. The number of aryl methyl sites for hydroxylation is 1. The summed E-state index contributed by atoms with van der Waals surface area (Å²) in [6, 6.07) is 6.36. The number of hydrogen-bond donors (Lipinski definition) is 0. The van der Waals surface area contributed by atoms with E-state index in [1.54, 1.807) is 0 Å². The fourth-order valence-corrected chi connectivity index (χ4v) is 3.95. The smallest absolute Gasteiger partial charge is 0.192 e. The highest BCUT2D eigenvalue weighted by atomic mass is 28.4. The van der Waals surface area contributed by atoms with Crippen LogP contribution >= 0.6 is 0 Å². The Kier molecular flexibility index (Phi) is 4.54. The molecule has 3 nitrogen and oxygen atoms in total. The second-order valence-electron chi connectivity index (χ2n) is 8.61. The zero-order valence-electron chi connectivity index (χ0n) is 16.3. The van der Waals surface area contributed by atoms with E-state index in [9.17, 15) is 4.79 Å². The van der Waals surface area contributed by atoms with Gasteiger partial charge >= 0.3 is 0 Å². The number of nitrogens with zero attached hydrogens (tertiary/aromatic N) is 1. The number of aromatic nitrogens is 1. The molecule has 0 unspecified atom stereocenters. The highest BCUT2D eigenvalue weighted by Gasteiger charge is 2.37. The number of hydrogen-bond acceptors (Lipinski definition) is 2. The molecule has 0 atom stereocenters. The first-order valence-corrected chi connectivity index (χ1v) is 12.0. The lowest BCUT2D eigenvalue weighted by Gasteiger charge is -2.36. The fraction of sp³-hybridized carbons (Fsp3) is 0.476. The molecule has 0 bridgehead atoms. The zero-order chi connectivity index (χ0) is 18.4. The first kappa shape index (κ1) is 18.1. The summed E-state index contributed by atoms with van der Waals surface area (Å²) < 4.78 is 8.59. The minimum atomic E-state index is -1.78. The van der Waals surface area contributed by atoms with Crippen molar-refractivity contribution in [3.63, 3.8) is 0 Å². The molecule has 1 aliphatic carbocycles. The van der Waals surface area contributed by atoms with Gasteiger partial charge < -0.3 is 8.99 Å². The highest BCUT2D eigenvalue weighted by Crippen LogP contribution is 2.37. The van der Waals surface area contributed by atoms with Crippen molar-refractivity contribution in [2.24, 2.45) is 7.05 Å². The first-order valence-electron chi connectivity index (χ1n) is 9.06. The number of benzene rings is 1. The summed E-state index contributed by atoms with van der Waals surface area (Å²) in [5.41, 5.74) is 4.21. The number of rotatable bonds is 3. The number of carbonyl (C=O) groups is 1. The van der Waals surface area contributed by atoms with E-state index in [1.807, 2.05) is 0 Å². The summed E-state index contributed by atoms with van der Waals surface area (Å²) in [5, 5.41) is 1.32. The Bertz CT molecular complexity index is 853. The van der Waals surface area contributed by atoms with Gasteiger partial charge in [0.2, 0.25) is 0 Å². The van der Waals surface area contributed by atoms with Crippen LogP contribution in [0.5, 0.6) is 0 Å². The van der Waals surface area contributed by atoms with E-state index in [0.717, 1.165) is 34.1 Å². The molecule has 134 valence electrons. The predicted octanol–water partition coefficient (Wildman–Crippen LogP) is 5.69. The fourth-order valence-electron chi connectivity index (χ4n) is 3.01. The van der Waals surface area contributed by atoms with E-state index >= 15 is 0 Å². The van der Waals surface area contributed by atoms with Crippen LogP contribution < -0.4 is 0 Å². The van der Waals surface area contributed by atoms with Gasteiger partial charge in [-0.3, -0.25) is 4.79 Å². The Labute approximate surface area is 151 Å². The third-order valence-electron chi connectivity index (χ3n) is 5.84. The molecule has 3 rings (SSSR count). The van der Waals surface area contributed by atoms with Gasteiger partial charge in [0.1, 0.15) is 0 Å². The molecule has 1 aliphatic rings. The van der Waals surface area contributed by atoms with E-state index < -0.39 is 8.32 Å². The molecule has 0 spiro atoms. The summed E-state index contributed by atoms with van der Waals surface area (Å²) in [7, 11) is 0.303. The molecule has 1 aromatic heterocycles. The van der Waals surface area contributed by atoms with Gasteiger partial charge in [-0.15, -0.1) is 0 Å². The average molecular weight is 356 g/mol. The quantitative estimate of drug-likeness (QED) is 0.662. The molecule has 0 fully saturated rings. The van der Waals surface area contributed by atoms with Gasteiger partial charge in [0.15, 0.2) is 14.1 Å². The topological polar surface area (TPSA) is 31.2 Å². The van der Waals surface area contributed by atoms with E-state index in [2.05, 4.69) is 75.8 Å². The molecule has 1 heterocycles. The highest BCUT2D eigenvalue weighted by molar-refractivity contribution is 6.74. The molecule has 0 radical (unpaired) electrons. The van der Waals surface area contributed by atoms with Crippen LogP contribution in [-0.2, 0) is 18.1 Å². The van der Waals surface area contributed by atoms with E-state index in [0.29, 0.717) is 13.0 Å². The number of Topliss-reactive ketones (excluding diaryl/α,β-unsaturated/α-hetero) is 1. The van der Waals surface area contributed by atoms with Crippen LogP contribution in [0.15, 0.2) is 24.3 Å². The van der Waals surface area contributed by atoms with E-state index in [1.165, 1.54) is 0 Å². The number of allylic oxidation sites excluding steroid dienone is 1. The summed E-state index contributed by atoms with van der Waals surface area (Å²) in [6.07, 6.45) is 5.61. The van der Waals surface area contributed by atoms with Crippen LogP contribution in [0.1, 0.15) is 55.2 Å². The SMILES string of the molecule is Cn1c(CO[Si](C)(C)C(C)(C)C)cc2cc3c(cc21)C=CCCC3=O. The summed E-state index contributed by atoms with van der Waals surface area (Å²) in [5.74, 6) is 0.241. The van der Waals surface area contributed by atoms with Crippen LogP contribution in [0, 0.1) is 0 Å². The van der Waals surface area contributed by atoms with Crippen LogP contribution in [0.4, 0.5) is 0 Å². The molecular weight excluding hydrogens is 326 g/mol. The molecule has 0 amide bonds. The predicted molar refractivity (Wildman–Crippen MR) is 108 cm³/mol. The lowest BCUT2D eigenvalue weighted by Crippen LogP contribution is -2.40. The van der Waals surface area contributed by atoms with Crippen LogP contribution in [0.2, 0.25) is 18.1 Å². The standard InChI is InChI=1S/C21H29NO2Si/c1-21(2,3)25(5,6)24-14-17-11-16-12-18-15(13-19(16)22(17)4)9-7-8-10-20(18)23/h7,9,11-13H,8,10,14H2,1-6H3. The van der Waals surface area contributed by atoms with Crippen LogP contribution in [-0.4, -0.2) is 18.7 Å². The molecule has 25 heavy (non-hydrogen) atoms. The second kappa shape index (κ2) is 6.26. The lowest BCUT2D eigenvalue weighted by molar-refractivity contribution is 0.0984. The number of fused-ring (bicyclic) bond motifs is 2. The van der Waals surface area contributed by atoms with Crippen LogP contribution in [0.3, 0.4) is 0 Å². The Morgan fingerprint density at radius 3 is 2.60 bits per heavy atom. The third kappa shape index (κ3) is 3.38. The van der Waals surface area contributed by atoms with E-state index in [-0.39, 0.29) is 10.8 Å². The minimum Gasteiger partial charge on any atom is -0.411 e. The van der Waals surface area contributed by atoms with Crippen molar-refractivity contribution in [3.05, 3.63) is 41.1 Å². The van der Waals surface area contributed by atoms with Gasteiger partial charge in [0.25, 0.3) is 0 Å². The largest absolute Gasteiger partial charge is 0.411 e. The second-order valence-corrected chi connectivity index (χ2v) is 13.4. The first-order chi connectivity index (χ1) is 11.6. The van der Waals surface area contributed by atoms with Gasteiger partial charge in [0.05, 0.1) is 6.61 Å². The molecule has 0 aliphatic heterocycles. The average Bonchev–Trinajstić information content (AvgIpc) is 2.71. The van der Waals surface area contributed by atoms with Crippen molar-refractivity contribution >= 4 is 31.1 Å². The van der Waals surface area contributed by atoms with Crippen LogP contribution in [0.25, 0.3) is 17.0 Å². The molecule has 4 heteroatoms. The number of carbonyl (C=O) groups excluding carboxylic acids is 1. The van der Waals surface area contributed by atoms with E-state index in [4.69, 9.17) is 4.43 Å². The van der Waals surface area contributed by atoms with Gasteiger partial charge in [-0.05, 0) is 48.3 Å². The van der Waals surface area contributed by atoms with Crippen molar-refractivity contribution in [2.75, 3.05) is 0 Å². The maximum Gasteiger partial charge on any atom is 0.192 e. The van der Waals surface area contributed by atoms with Crippen molar-refractivity contribution in [2.45, 2.75) is 58.4 Å². The molecular formula is C21H29NO2Si. The molecule has 0 N–H and O–H groups in total. The van der Waals surface area contributed by atoms with Gasteiger partial charge in [-0.25, -0.2) is 0 Å². The molecule has 0 saturated heterocycles. The normalized spacial score (nSPS) is 15.5. The maximum absolute atomic E-state index is 12.3. The van der Waals surface area contributed by atoms with Gasteiger partial charge in [-0.1, -0.05) is 32.9 Å². The Hall–Kier alpha value is -1.65. The van der Waals surface area contributed by atoms with Crippen molar-refractivity contribution in [3.8, 4) is 0 Å². The summed E-state index contributed by atoms with van der Waals surface area (Å²) in [6.45, 7) is 12.0. The lowest BCUT2D eigenvalue weighted by atomic mass is 10.0. The summed E-state index contributed by atoms with van der Waals surface area (Å²) in [4.78, 5) is 12.3. The van der Waals surface area contributed by atoms with Gasteiger partial charge in [0, 0.05) is 35.6 Å². The van der Waals surface area contributed by atoms with Crippen molar-refractivity contribution in [1.82, 2.24) is 4.57 Å². The zero-order valence-corrected chi connectivity index (χ0v) is 17.3. The van der Waals surface area contributed by atoms with Gasteiger partial charge in [-0.2, -0.15) is 0 Å². The summed E-state index contributed by atoms with van der Waals surface area (Å²) >= 11 is 0. The Balaban J connectivity index is 1.96. The van der Waals surface area contributed by atoms with Crippen molar-refractivity contribution < 1.29 is 9.22 Å².